The lowest BCUT2D eigenvalue weighted by atomic mass is 10.4. The Labute approximate surface area is 62.9 Å². The van der Waals surface area contributed by atoms with Gasteiger partial charge in [0.05, 0.1) is 11.9 Å². The summed E-state index contributed by atoms with van der Waals surface area (Å²) in [5, 5.41) is 1.85. The van der Waals surface area contributed by atoms with Crippen LogP contribution in [-0.2, 0) is 4.79 Å². The number of carbonyl (C=O) groups is 1. The normalized spacial score (nSPS) is 8.00. The lowest BCUT2D eigenvalue weighted by Gasteiger charge is -1.71. The van der Waals surface area contributed by atoms with Gasteiger partial charge in [0, 0.05) is 5.38 Å². The minimum atomic E-state index is 0.289. The number of hydrogen-bond acceptors (Lipinski definition) is 3. The third-order valence-corrected chi connectivity index (χ3v) is 1.42. The van der Waals surface area contributed by atoms with Crippen LogP contribution in [0.2, 0.25) is 0 Å². The molecule has 0 N–H and O–H groups in total. The van der Waals surface area contributed by atoms with E-state index < -0.39 is 0 Å². The van der Waals surface area contributed by atoms with Crippen LogP contribution in [0.15, 0.2) is 10.9 Å². The largest absolute Gasteiger partial charge is 0.302 e. The number of aromatic nitrogens is 1. The van der Waals surface area contributed by atoms with Gasteiger partial charge in [-0.1, -0.05) is 5.92 Å². The van der Waals surface area contributed by atoms with E-state index in [0.29, 0.717) is 0 Å². The summed E-state index contributed by atoms with van der Waals surface area (Å²) in [5.41, 5.74) is 2.46. The molecule has 0 aliphatic carbocycles. The molecule has 0 spiro atoms. The van der Waals surface area contributed by atoms with Crippen molar-refractivity contribution in [2.24, 2.45) is 0 Å². The van der Waals surface area contributed by atoms with Crippen molar-refractivity contribution in [3.63, 3.8) is 0 Å². The molecule has 1 aromatic rings. The fourth-order valence-corrected chi connectivity index (χ4v) is 0.941. The van der Waals surface area contributed by atoms with Gasteiger partial charge in [0.15, 0.2) is 0 Å². The maximum atomic E-state index is 9.81. The Kier molecular flexibility index (Phi) is 2.65. The number of carbonyl (C=O) groups excluding carboxylic acids is 1. The maximum Gasteiger partial charge on any atom is 0.131 e. The van der Waals surface area contributed by atoms with Crippen LogP contribution >= 0.6 is 11.3 Å². The quantitative estimate of drug-likeness (QED) is 0.444. The lowest BCUT2D eigenvalue weighted by Crippen LogP contribution is -1.71. The predicted octanol–water partition coefficient (Wildman–Crippen LogP) is 1.08. The number of aldehydes is 1. The molecular weight excluding hydrogens is 146 g/mol. The van der Waals surface area contributed by atoms with E-state index in [0.717, 1.165) is 12.0 Å². The molecule has 3 heteroatoms. The summed E-state index contributed by atoms with van der Waals surface area (Å²) >= 11 is 1.50. The first-order valence-corrected chi connectivity index (χ1v) is 3.68. The molecule has 0 bridgehead atoms. The van der Waals surface area contributed by atoms with Crippen LogP contribution in [0, 0.1) is 11.8 Å². The first-order chi connectivity index (χ1) is 4.93. The second-order valence-corrected chi connectivity index (χ2v) is 2.26. The molecule has 1 rings (SSSR count). The topological polar surface area (TPSA) is 30.0 Å². The van der Waals surface area contributed by atoms with Crippen molar-refractivity contribution < 1.29 is 4.79 Å². The summed E-state index contributed by atoms with van der Waals surface area (Å²) in [6.45, 7) is 0. The predicted molar refractivity (Wildman–Crippen MR) is 39.7 cm³/mol. The molecule has 0 aliphatic heterocycles. The molecule has 0 fully saturated rings. The molecule has 0 radical (unpaired) electrons. The Morgan fingerprint density at radius 3 is 3.30 bits per heavy atom. The molecule has 0 aromatic carbocycles. The van der Waals surface area contributed by atoms with Crippen LogP contribution in [0.4, 0.5) is 0 Å². The van der Waals surface area contributed by atoms with Crippen LogP contribution in [0.1, 0.15) is 12.1 Å². The Morgan fingerprint density at radius 1 is 1.80 bits per heavy atom. The number of hydrogen-bond donors (Lipinski definition) is 0. The van der Waals surface area contributed by atoms with E-state index in [9.17, 15) is 4.79 Å². The average molecular weight is 151 g/mol. The molecule has 50 valence electrons. The summed E-state index contributed by atoms with van der Waals surface area (Å²) in [6, 6.07) is 0. The van der Waals surface area contributed by atoms with E-state index in [4.69, 9.17) is 0 Å². The molecular formula is C7H5NOS. The van der Waals surface area contributed by atoms with Crippen molar-refractivity contribution in [3.05, 3.63) is 16.6 Å². The van der Waals surface area contributed by atoms with Gasteiger partial charge in [-0.25, -0.2) is 4.98 Å². The standard InChI is InChI=1S/C7H5NOS/c9-4-2-1-3-7-5-10-6-8-7/h4-6H,2H2. The van der Waals surface area contributed by atoms with Gasteiger partial charge in [-0.05, 0) is 5.92 Å². The Bertz CT molecular complexity index is 255. The molecule has 1 heterocycles. The van der Waals surface area contributed by atoms with Crippen molar-refractivity contribution >= 4 is 17.6 Å². The summed E-state index contributed by atoms with van der Waals surface area (Å²) in [4.78, 5) is 13.7. The van der Waals surface area contributed by atoms with E-state index in [1.165, 1.54) is 11.3 Å². The molecule has 0 aliphatic rings. The zero-order valence-corrected chi connectivity index (χ0v) is 6.02. The highest BCUT2D eigenvalue weighted by Gasteiger charge is 1.83. The van der Waals surface area contributed by atoms with Gasteiger partial charge in [0.2, 0.25) is 0 Å². The Hall–Kier alpha value is -1.14. The minimum Gasteiger partial charge on any atom is -0.302 e. The van der Waals surface area contributed by atoms with Crippen molar-refractivity contribution in [1.29, 1.82) is 0 Å². The number of nitrogens with zero attached hydrogens (tertiary/aromatic N) is 1. The van der Waals surface area contributed by atoms with Crippen LogP contribution in [0.3, 0.4) is 0 Å². The van der Waals surface area contributed by atoms with Gasteiger partial charge in [-0.2, -0.15) is 0 Å². The van der Waals surface area contributed by atoms with Gasteiger partial charge < -0.3 is 4.79 Å². The summed E-state index contributed by atoms with van der Waals surface area (Å²) in [7, 11) is 0. The molecule has 2 nitrogen and oxygen atoms in total. The average Bonchev–Trinajstić information content (AvgIpc) is 2.41. The van der Waals surface area contributed by atoms with E-state index in [-0.39, 0.29) is 6.42 Å². The number of thiazole rings is 1. The second-order valence-electron chi connectivity index (χ2n) is 1.55. The van der Waals surface area contributed by atoms with Gasteiger partial charge >= 0.3 is 0 Å². The van der Waals surface area contributed by atoms with Crippen molar-refractivity contribution in [2.45, 2.75) is 6.42 Å². The zero-order valence-electron chi connectivity index (χ0n) is 5.20. The third-order valence-electron chi connectivity index (χ3n) is 0.834. The molecule has 1 aromatic heterocycles. The first-order valence-electron chi connectivity index (χ1n) is 2.74. The van der Waals surface area contributed by atoms with Gasteiger partial charge in [0.25, 0.3) is 0 Å². The highest BCUT2D eigenvalue weighted by molar-refractivity contribution is 7.07. The third kappa shape index (κ3) is 2.00. The highest BCUT2D eigenvalue weighted by atomic mass is 32.1. The van der Waals surface area contributed by atoms with Crippen LogP contribution < -0.4 is 0 Å². The van der Waals surface area contributed by atoms with Crippen LogP contribution in [0.25, 0.3) is 0 Å². The fourth-order valence-electron chi connectivity index (χ4n) is 0.458. The molecule has 0 atom stereocenters. The highest BCUT2D eigenvalue weighted by Crippen LogP contribution is 1.97. The fraction of sp³-hybridized carbons (Fsp3) is 0.143. The first kappa shape index (κ1) is 6.97. The van der Waals surface area contributed by atoms with Crippen LogP contribution in [-0.4, -0.2) is 11.3 Å². The summed E-state index contributed by atoms with van der Waals surface area (Å²) in [5.74, 6) is 5.41. The molecule has 0 amide bonds. The molecule has 0 saturated carbocycles. The SMILES string of the molecule is O=CCC#Cc1cscn1. The maximum absolute atomic E-state index is 9.81. The van der Waals surface area contributed by atoms with Gasteiger partial charge in [-0.15, -0.1) is 11.3 Å². The van der Waals surface area contributed by atoms with E-state index >= 15 is 0 Å². The molecule has 0 unspecified atom stereocenters. The van der Waals surface area contributed by atoms with E-state index in [2.05, 4.69) is 16.8 Å². The number of rotatable bonds is 1. The smallest absolute Gasteiger partial charge is 0.131 e. The summed E-state index contributed by atoms with van der Waals surface area (Å²) < 4.78 is 0. The second kappa shape index (κ2) is 3.80. The molecule has 10 heavy (non-hydrogen) atoms. The van der Waals surface area contributed by atoms with Gasteiger partial charge in [0.1, 0.15) is 12.0 Å². The van der Waals surface area contributed by atoms with Gasteiger partial charge in [-0.3, -0.25) is 0 Å². The van der Waals surface area contributed by atoms with E-state index in [1.807, 2.05) is 5.38 Å². The summed E-state index contributed by atoms with van der Waals surface area (Å²) in [6.07, 6.45) is 1.07. The Balaban J connectivity index is 2.57. The van der Waals surface area contributed by atoms with Crippen molar-refractivity contribution in [1.82, 2.24) is 4.98 Å². The van der Waals surface area contributed by atoms with E-state index in [1.54, 1.807) is 5.51 Å². The monoisotopic (exact) mass is 151 g/mol. The molecule has 0 saturated heterocycles. The Morgan fingerprint density at radius 2 is 2.70 bits per heavy atom. The van der Waals surface area contributed by atoms with Crippen LogP contribution in [0.5, 0.6) is 0 Å². The minimum absolute atomic E-state index is 0.289. The zero-order chi connectivity index (χ0) is 7.23. The van der Waals surface area contributed by atoms with Crippen molar-refractivity contribution in [2.75, 3.05) is 0 Å². The lowest BCUT2D eigenvalue weighted by molar-refractivity contribution is -0.107. The van der Waals surface area contributed by atoms with Crippen molar-refractivity contribution in [3.8, 4) is 11.8 Å².